The van der Waals surface area contributed by atoms with Crippen LogP contribution in [0.4, 0.5) is 20.2 Å². The summed E-state index contributed by atoms with van der Waals surface area (Å²) in [6, 6.07) is 6.70. The van der Waals surface area contributed by atoms with Crippen molar-refractivity contribution in [3.8, 4) is 0 Å². The first-order chi connectivity index (χ1) is 11.3. The predicted octanol–water partition coefficient (Wildman–Crippen LogP) is 3.20. The van der Waals surface area contributed by atoms with Crippen LogP contribution in [0.3, 0.4) is 0 Å². The van der Waals surface area contributed by atoms with Crippen molar-refractivity contribution in [1.82, 2.24) is 0 Å². The van der Waals surface area contributed by atoms with Crippen molar-refractivity contribution in [2.45, 2.75) is 16.2 Å². The molecule has 0 atom stereocenters. The van der Waals surface area contributed by atoms with Gasteiger partial charge in [-0.15, -0.1) is 11.8 Å². The second-order valence-corrected chi connectivity index (χ2v) is 7.85. The van der Waals surface area contributed by atoms with E-state index in [4.69, 9.17) is 0 Å². The quantitative estimate of drug-likeness (QED) is 0.870. The van der Waals surface area contributed by atoms with Gasteiger partial charge in [0.15, 0.2) is 0 Å². The Morgan fingerprint density at radius 2 is 1.92 bits per heavy atom. The first-order valence-corrected chi connectivity index (χ1v) is 9.36. The minimum Gasteiger partial charge on any atom is -0.325 e. The third-order valence-electron chi connectivity index (χ3n) is 3.29. The van der Waals surface area contributed by atoms with Crippen LogP contribution in [-0.4, -0.2) is 20.1 Å². The van der Waals surface area contributed by atoms with E-state index in [9.17, 15) is 22.0 Å². The average molecular weight is 370 g/mol. The van der Waals surface area contributed by atoms with Crippen LogP contribution in [0.2, 0.25) is 0 Å². The highest BCUT2D eigenvalue weighted by Gasteiger charge is 2.20. The van der Waals surface area contributed by atoms with Crippen LogP contribution in [0, 0.1) is 11.6 Å². The van der Waals surface area contributed by atoms with Gasteiger partial charge in [0, 0.05) is 23.1 Å². The van der Waals surface area contributed by atoms with Crippen LogP contribution >= 0.6 is 11.8 Å². The standard InChI is InChI=1S/C15H12F2N2O3S2/c16-9-1-3-11(17)12(7-9)19-24(21,22)10-2-4-14-13(8-10)18-15(20)5-6-23-14/h1-4,7-8,19H,5-6H2,(H,18,20). The fourth-order valence-corrected chi connectivity index (χ4v) is 4.17. The number of hydrogen-bond acceptors (Lipinski definition) is 4. The second-order valence-electron chi connectivity index (χ2n) is 5.03. The fourth-order valence-electron chi connectivity index (χ4n) is 2.15. The molecule has 1 aliphatic rings. The third kappa shape index (κ3) is 3.51. The van der Waals surface area contributed by atoms with Gasteiger partial charge in [-0.3, -0.25) is 9.52 Å². The van der Waals surface area contributed by atoms with Crippen LogP contribution in [0.1, 0.15) is 6.42 Å². The van der Waals surface area contributed by atoms with Crippen molar-refractivity contribution in [1.29, 1.82) is 0 Å². The number of rotatable bonds is 3. The monoisotopic (exact) mass is 370 g/mol. The van der Waals surface area contributed by atoms with E-state index in [1.807, 2.05) is 4.72 Å². The van der Waals surface area contributed by atoms with E-state index in [-0.39, 0.29) is 10.8 Å². The average Bonchev–Trinajstić information content (AvgIpc) is 2.70. The number of carbonyl (C=O) groups is 1. The Morgan fingerprint density at radius 3 is 2.71 bits per heavy atom. The molecule has 2 aromatic carbocycles. The van der Waals surface area contributed by atoms with Crippen LogP contribution in [0.5, 0.6) is 0 Å². The Kier molecular flexibility index (Phi) is 4.46. The molecule has 126 valence electrons. The van der Waals surface area contributed by atoms with Gasteiger partial charge in [-0.25, -0.2) is 17.2 Å². The molecule has 0 saturated heterocycles. The minimum atomic E-state index is -4.13. The molecule has 2 aromatic rings. The third-order valence-corrected chi connectivity index (χ3v) is 5.73. The van der Waals surface area contributed by atoms with Crippen molar-refractivity contribution in [3.05, 3.63) is 48.0 Å². The zero-order valence-electron chi connectivity index (χ0n) is 12.2. The molecule has 5 nitrogen and oxygen atoms in total. The van der Waals surface area contributed by atoms with Gasteiger partial charge < -0.3 is 5.32 Å². The lowest BCUT2D eigenvalue weighted by molar-refractivity contribution is -0.115. The van der Waals surface area contributed by atoms with Crippen molar-refractivity contribution in [3.63, 3.8) is 0 Å². The Bertz CT molecular complexity index is 917. The normalized spacial score (nSPS) is 14.5. The van der Waals surface area contributed by atoms with Crippen molar-refractivity contribution in [2.24, 2.45) is 0 Å². The zero-order valence-corrected chi connectivity index (χ0v) is 13.8. The smallest absolute Gasteiger partial charge is 0.262 e. The number of hydrogen-bond donors (Lipinski definition) is 2. The summed E-state index contributed by atoms with van der Waals surface area (Å²) in [5.74, 6) is -1.27. The molecule has 24 heavy (non-hydrogen) atoms. The summed E-state index contributed by atoms with van der Waals surface area (Å²) in [6.07, 6.45) is 0.328. The molecule has 1 amide bonds. The molecule has 0 radical (unpaired) electrons. The fraction of sp³-hybridized carbons (Fsp3) is 0.133. The summed E-state index contributed by atoms with van der Waals surface area (Å²) >= 11 is 1.43. The SMILES string of the molecule is O=C1CCSc2ccc(S(=O)(=O)Nc3cc(F)ccc3F)cc2N1. The number of carbonyl (C=O) groups excluding carboxylic acids is 1. The van der Waals surface area contributed by atoms with Gasteiger partial charge in [-0.05, 0) is 30.3 Å². The number of sulfonamides is 1. The van der Waals surface area contributed by atoms with E-state index in [0.29, 0.717) is 17.9 Å². The minimum absolute atomic E-state index is 0.160. The molecule has 9 heteroatoms. The molecular weight excluding hydrogens is 358 g/mol. The van der Waals surface area contributed by atoms with E-state index in [1.54, 1.807) is 6.07 Å². The number of fused-ring (bicyclic) bond motifs is 1. The molecule has 1 heterocycles. The predicted molar refractivity (Wildman–Crippen MR) is 87.6 cm³/mol. The molecule has 2 N–H and O–H groups in total. The number of halogens is 2. The molecule has 0 aromatic heterocycles. The summed E-state index contributed by atoms with van der Waals surface area (Å²) < 4.78 is 53.6. The first-order valence-electron chi connectivity index (χ1n) is 6.90. The molecule has 3 rings (SSSR count). The first kappa shape index (κ1) is 16.7. The zero-order chi connectivity index (χ0) is 17.3. The van der Waals surface area contributed by atoms with E-state index in [1.165, 1.54) is 23.9 Å². The summed E-state index contributed by atoms with van der Waals surface area (Å²) in [7, 11) is -4.13. The lowest BCUT2D eigenvalue weighted by atomic mass is 10.3. The molecule has 0 aliphatic carbocycles. The number of nitrogens with one attached hydrogen (secondary N) is 2. The molecule has 0 saturated carbocycles. The highest BCUT2D eigenvalue weighted by Crippen LogP contribution is 2.33. The van der Waals surface area contributed by atoms with Crippen molar-refractivity contribution in [2.75, 3.05) is 15.8 Å². The van der Waals surface area contributed by atoms with Gasteiger partial charge in [-0.2, -0.15) is 0 Å². The lowest BCUT2D eigenvalue weighted by Crippen LogP contribution is -2.15. The van der Waals surface area contributed by atoms with Gasteiger partial charge in [0.2, 0.25) is 5.91 Å². The van der Waals surface area contributed by atoms with Crippen molar-refractivity contribution < 1.29 is 22.0 Å². The lowest BCUT2D eigenvalue weighted by Gasteiger charge is -2.12. The Balaban J connectivity index is 1.95. The van der Waals surface area contributed by atoms with Crippen LogP contribution < -0.4 is 10.0 Å². The highest BCUT2D eigenvalue weighted by molar-refractivity contribution is 7.99. The Morgan fingerprint density at radius 1 is 1.12 bits per heavy atom. The van der Waals surface area contributed by atoms with E-state index in [2.05, 4.69) is 5.32 Å². The van der Waals surface area contributed by atoms with Crippen LogP contribution in [-0.2, 0) is 14.8 Å². The Hall–Kier alpha value is -2.13. The second kappa shape index (κ2) is 6.40. The molecule has 0 bridgehead atoms. The van der Waals surface area contributed by atoms with E-state index < -0.39 is 27.3 Å². The molecule has 1 aliphatic heterocycles. The summed E-state index contributed by atoms with van der Waals surface area (Å²) in [5, 5.41) is 2.63. The number of benzene rings is 2. The van der Waals surface area contributed by atoms with Crippen LogP contribution in [0.25, 0.3) is 0 Å². The summed E-state index contributed by atoms with van der Waals surface area (Å²) in [6.45, 7) is 0. The maximum Gasteiger partial charge on any atom is 0.262 e. The molecule has 0 spiro atoms. The van der Waals surface area contributed by atoms with Crippen molar-refractivity contribution >= 4 is 39.1 Å². The maximum atomic E-state index is 13.6. The Labute approximate surface area is 141 Å². The number of thioether (sulfide) groups is 1. The molecular formula is C15H12F2N2O3S2. The van der Waals surface area contributed by atoms with Gasteiger partial charge in [0.05, 0.1) is 16.3 Å². The summed E-state index contributed by atoms with van der Waals surface area (Å²) in [4.78, 5) is 12.2. The molecule has 0 unspecified atom stereocenters. The van der Waals surface area contributed by atoms with Gasteiger partial charge >= 0.3 is 0 Å². The largest absolute Gasteiger partial charge is 0.325 e. The number of amides is 1. The maximum absolute atomic E-state index is 13.6. The van der Waals surface area contributed by atoms with Crippen LogP contribution in [0.15, 0.2) is 46.2 Å². The van der Waals surface area contributed by atoms with Gasteiger partial charge in [0.25, 0.3) is 10.0 Å². The van der Waals surface area contributed by atoms with E-state index in [0.717, 1.165) is 23.1 Å². The summed E-state index contributed by atoms with van der Waals surface area (Å²) in [5.41, 5.74) is -0.103. The highest BCUT2D eigenvalue weighted by atomic mass is 32.2. The molecule has 0 fully saturated rings. The number of anilines is 2. The topological polar surface area (TPSA) is 75.3 Å². The van der Waals surface area contributed by atoms with E-state index >= 15 is 0 Å². The van der Waals surface area contributed by atoms with Gasteiger partial charge in [-0.1, -0.05) is 0 Å². The van der Waals surface area contributed by atoms with Gasteiger partial charge in [0.1, 0.15) is 11.6 Å².